The summed E-state index contributed by atoms with van der Waals surface area (Å²) >= 11 is 0. The Morgan fingerprint density at radius 1 is 0.912 bits per heavy atom. The van der Waals surface area contributed by atoms with Gasteiger partial charge in [0.15, 0.2) is 5.82 Å². The largest absolute Gasteiger partial charge is 0.348 e. The van der Waals surface area contributed by atoms with Gasteiger partial charge in [-0.15, -0.1) is 0 Å². The van der Waals surface area contributed by atoms with Gasteiger partial charge >= 0.3 is 0 Å². The van der Waals surface area contributed by atoms with Crippen LogP contribution in [0.4, 0.5) is 0 Å². The molecule has 1 aromatic heterocycles. The van der Waals surface area contributed by atoms with E-state index in [4.69, 9.17) is 4.52 Å². The molecule has 34 heavy (non-hydrogen) atoms. The molecule has 0 aliphatic rings. The Kier molecular flexibility index (Phi) is 7.13. The normalized spacial score (nSPS) is 10.6. The first-order valence-electron chi connectivity index (χ1n) is 11.1. The Bertz CT molecular complexity index is 1250. The topological polar surface area (TPSA) is 88.3 Å². The maximum Gasteiger partial charge on any atom is 0.257 e. The Labute approximate surface area is 198 Å². The van der Waals surface area contributed by atoms with Crippen molar-refractivity contribution < 1.29 is 14.1 Å². The maximum atomic E-state index is 12.4. The SMILES string of the molecule is Cc1ccc(CNC(=O)c2ccc(-c3nc(CCN(C)C(=O)c4ccccc4)no3)cc2)cc1. The number of benzene rings is 3. The highest BCUT2D eigenvalue weighted by Crippen LogP contribution is 2.18. The second kappa shape index (κ2) is 10.6. The first-order valence-corrected chi connectivity index (χ1v) is 11.1. The molecule has 0 saturated carbocycles. The Hall–Kier alpha value is -4.26. The number of hydrogen-bond donors (Lipinski definition) is 1. The lowest BCUT2D eigenvalue weighted by Crippen LogP contribution is -2.29. The Morgan fingerprint density at radius 2 is 1.62 bits per heavy atom. The summed E-state index contributed by atoms with van der Waals surface area (Å²) in [7, 11) is 1.75. The number of nitrogens with one attached hydrogen (secondary N) is 1. The molecule has 0 spiro atoms. The molecule has 0 aliphatic carbocycles. The summed E-state index contributed by atoms with van der Waals surface area (Å²) in [6, 6.07) is 24.2. The monoisotopic (exact) mass is 454 g/mol. The van der Waals surface area contributed by atoms with E-state index < -0.39 is 0 Å². The van der Waals surface area contributed by atoms with Crippen molar-refractivity contribution in [1.29, 1.82) is 0 Å². The minimum atomic E-state index is -0.149. The van der Waals surface area contributed by atoms with E-state index in [9.17, 15) is 9.59 Å². The summed E-state index contributed by atoms with van der Waals surface area (Å²) in [5, 5.41) is 6.94. The van der Waals surface area contributed by atoms with Crippen molar-refractivity contribution in [2.24, 2.45) is 0 Å². The highest BCUT2D eigenvalue weighted by Gasteiger charge is 2.14. The number of nitrogens with zero attached hydrogens (tertiary/aromatic N) is 3. The zero-order valence-corrected chi connectivity index (χ0v) is 19.2. The van der Waals surface area contributed by atoms with E-state index in [2.05, 4.69) is 15.5 Å². The number of aromatic nitrogens is 2. The van der Waals surface area contributed by atoms with Crippen molar-refractivity contribution >= 4 is 11.8 Å². The van der Waals surface area contributed by atoms with Crippen LogP contribution in [-0.2, 0) is 13.0 Å². The van der Waals surface area contributed by atoms with Crippen molar-refractivity contribution in [3.05, 3.63) is 107 Å². The van der Waals surface area contributed by atoms with Crippen LogP contribution in [0.3, 0.4) is 0 Å². The van der Waals surface area contributed by atoms with Crippen molar-refractivity contribution in [2.75, 3.05) is 13.6 Å². The highest BCUT2D eigenvalue weighted by atomic mass is 16.5. The number of amides is 2. The molecule has 0 aliphatic heterocycles. The van der Waals surface area contributed by atoms with E-state index in [0.717, 1.165) is 11.1 Å². The smallest absolute Gasteiger partial charge is 0.257 e. The van der Waals surface area contributed by atoms with Gasteiger partial charge in [-0.25, -0.2) is 0 Å². The molecule has 0 unspecified atom stereocenters. The molecule has 172 valence electrons. The van der Waals surface area contributed by atoms with Gasteiger partial charge in [0, 0.05) is 43.2 Å². The van der Waals surface area contributed by atoms with E-state index in [-0.39, 0.29) is 11.8 Å². The second-order valence-electron chi connectivity index (χ2n) is 8.10. The third kappa shape index (κ3) is 5.75. The summed E-state index contributed by atoms with van der Waals surface area (Å²) in [6.45, 7) is 2.96. The fourth-order valence-electron chi connectivity index (χ4n) is 3.40. The third-order valence-corrected chi connectivity index (χ3v) is 5.47. The first kappa shape index (κ1) is 22.9. The zero-order valence-electron chi connectivity index (χ0n) is 19.2. The van der Waals surface area contributed by atoms with Gasteiger partial charge in [-0.1, -0.05) is 53.2 Å². The molecule has 3 aromatic carbocycles. The highest BCUT2D eigenvalue weighted by molar-refractivity contribution is 5.94. The van der Waals surface area contributed by atoms with Crippen LogP contribution >= 0.6 is 0 Å². The molecule has 0 radical (unpaired) electrons. The molecule has 7 heteroatoms. The van der Waals surface area contributed by atoms with Crippen molar-refractivity contribution in [3.8, 4) is 11.5 Å². The maximum absolute atomic E-state index is 12.4. The summed E-state index contributed by atoms with van der Waals surface area (Å²) in [4.78, 5) is 31.0. The molecule has 2 amide bonds. The number of carbonyl (C=O) groups is 2. The van der Waals surface area contributed by atoms with Gasteiger partial charge < -0.3 is 14.7 Å². The number of carbonyl (C=O) groups excluding carboxylic acids is 2. The van der Waals surface area contributed by atoms with E-state index in [1.807, 2.05) is 49.4 Å². The molecule has 7 nitrogen and oxygen atoms in total. The van der Waals surface area contributed by atoms with Crippen LogP contribution in [0, 0.1) is 6.92 Å². The van der Waals surface area contributed by atoms with E-state index >= 15 is 0 Å². The van der Waals surface area contributed by atoms with Crippen LogP contribution in [-0.4, -0.2) is 40.4 Å². The van der Waals surface area contributed by atoms with Gasteiger partial charge in [0.1, 0.15) is 0 Å². The summed E-state index contributed by atoms with van der Waals surface area (Å²) in [5.41, 5.74) is 4.15. The minimum absolute atomic E-state index is 0.0550. The lowest BCUT2D eigenvalue weighted by molar-refractivity contribution is 0.0795. The van der Waals surface area contributed by atoms with Gasteiger partial charge in [0.05, 0.1) is 0 Å². The van der Waals surface area contributed by atoms with Gasteiger partial charge in [0.25, 0.3) is 17.7 Å². The van der Waals surface area contributed by atoms with Crippen molar-refractivity contribution in [2.45, 2.75) is 19.9 Å². The van der Waals surface area contributed by atoms with Gasteiger partial charge in [0.2, 0.25) is 0 Å². The van der Waals surface area contributed by atoms with Crippen LogP contribution in [0.15, 0.2) is 83.4 Å². The molecule has 4 aromatic rings. The molecule has 0 saturated heterocycles. The standard InChI is InChI=1S/C27H26N4O3/c1-19-8-10-20(11-9-19)18-28-25(32)21-12-14-22(15-13-21)26-29-24(30-34-26)16-17-31(2)27(33)23-6-4-3-5-7-23/h3-15H,16-18H2,1-2H3,(H,28,32). The zero-order chi connectivity index (χ0) is 23.9. The van der Waals surface area contributed by atoms with Crippen LogP contribution in [0.25, 0.3) is 11.5 Å². The summed E-state index contributed by atoms with van der Waals surface area (Å²) in [5.74, 6) is 0.686. The first-order chi connectivity index (χ1) is 16.5. The van der Waals surface area contributed by atoms with E-state index in [1.54, 1.807) is 48.3 Å². The van der Waals surface area contributed by atoms with Gasteiger partial charge in [-0.3, -0.25) is 9.59 Å². The second-order valence-corrected chi connectivity index (χ2v) is 8.10. The molecular formula is C27H26N4O3. The summed E-state index contributed by atoms with van der Waals surface area (Å²) < 4.78 is 5.38. The Morgan fingerprint density at radius 3 is 2.32 bits per heavy atom. The fraction of sp³-hybridized carbons (Fsp3) is 0.185. The molecule has 1 heterocycles. The third-order valence-electron chi connectivity index (χ3n) is 5.47. The molecule has 1 N–H and O–H groups in total. The number of aryl methyl sites for hydroxylation is 1. The molecule has 0 fully saturated rings. The average molecular weight is 455 g/mol. The predicted octanol–water partition coefficient (Wildman–Crippen LogP) is 4.29. The summed E-state index contributed by atoms with van der Waals surface area (Å²) in [6.07, 6.45) is 0.470. The van der Waals surface area contributed by atoms with Crippen molar-refractivity contribution in [1.82, 2.24) is 20.4 Å². The van der Waals surface area contributed by atoms with E-state index in [0.29, 0.717) is 42.4 Å². The van der Waals surface area contributed by atoms with Crippen LogP contribution in [0.5, 0.6) is 0 Å². The minimum Gasteiger partial charge on any atom is -0.348 e. The fourth-order valence-corrected chi connectivity index (χ4v) is 3.40. The molecule has 4 rings (SSSR count). The van der Waals surface area contributed by atoms with Crippen LogP contribution in [0.1, 0.15) is 37.7 Å². The quantitative estimate of drug-likeness (QED) is 0.429. The van der Waals surface area contributed by atoms with Crippen LogP contribution < -0.4 is 5.32 Å². The van der Waals surface area contributed by atoms with E-state index in [1.165, 1.54) is 5.56 Å². The van der Waals surface area contributed by atoms with Crippen molar-refractivity contribution in [3.63, 3.8) is 0 Å². The molecule has 0 atom stereocenters. The van der Waals surface area contributed by atoms with Crippen LogP contribution in [0.2, 0.25) is 0 Å². The average Bonchev–Trinajstić information content (AvgIpc) is 3.36. The Balaban J connectivity index is 1.31. The lowest BCUT2D eigenvalue weighted by Gasteiger charge is -2.15. The van der Waals surface area contributed by atoms with Gasteiger partial charge in [-0.2, -0.15) is 4.98 Å². The van der Waals surface area contributed by atoms with Gasteiger partial charge in [-0.05, 0) is 48.9 Å². The number of rotatable bonds is 8. The number of hydrogen-bond acceptors (Lipinski definition) is 5. The molecular weight excluding hydrogens is 428 g/mol. The molecule has 0 bridgehead atoms. The lowest BCUT2D eigenvalue weighted by atomic mass is 10.1. The number of likely N-dealkylation sites (N-methyl/N-ethyl adjacent to an activating group) is 1. The predicted molar refractivity (Wildman–Crippen MR) is 129 cm³/mol.